The van der Waals surface area contributed by atoms with E-state index in [2.05, 4.69) is 34.0 Å². The lowest BCUT2D eigenvalue weighted by atomic mass is 9.53. The molecule has 1 aromatic heterocycles. The number of carboxylic acids is 1. The first-order chi connectivity index (χ1) is 14.2. The smallest absolute Gasteiger partial charge is 0.430 e. The number of hydrogen-bond donors (Lipinski definition) is 0. The number of rotatable bonds is 2. The molecule has 0 atom stereocenters. The van der Waals surface area contributed by atoms with Gasteiger partial charge in [-0.3, -0.25) is 0 Å². The molecule has 1 saturated heterocycles. The Bertz CT molecular complexity index is 705. The van der Waals surface area contributed by atoms with Crippen LogP contribution < -0.4 is 14.6 Å². The molecule has 0 unspecified atom stereocenters. The van der Waals surface area contributed by atoms with Crippen molar-refractivity contribution in [3.05, 3.63) is 24.5 Å². The van der Waals surface area contributed by atoms with Gasteiger partial charge in [-0.25, -0.2) is 0 Å². The molecule has 7 heteroatoms. The first-order valence-electron chi connectivity index (χ1n) is 11.3. The molecule has 1 aromatic rings. The number of carbonyl (C=O) groups is 1. The molecular weight excluding hydrogens is 393 g/mol. The number of hydrogen-bond acceptors (Lipinski definition) is 3. The minimum atomic E-state index is -5.19. The molecule has 0 aromatic carbocycles. The molecule has 5 fully saturated rings. The summed E-state index contributed by atoms with van der Waals surface area (Å²) in [4.78, 5) is 11.4. The number of aromatic nitrogens is 1. The van der Waals surface area contributed by atoms with Crippen molar-refractivity contribution in [1.82, 2.24) is 0 Å². The van der Waals surface area contributed by atoms with E-state index >= 15 is 0 Å². The fourth-order valence-corrected chi connectivity index (χ4v) is 6.66. The molecule has 0 N–H and O–H groups in total. The van der Waals surface area contributed by atoms with E-state index in [0.29, 0.717) is 5.54 Å². The number of pyridine rings is 1. The third-order valence-electron chi connectivity index (χ3n) is 7.57. The lowest BCUT2D eigenvalue weighted by molar-refractivity contribution is -0.776. The molecule has 0 spiro atoms. The Hall–Kier alpha value is -1.79. The van der Waals surface area contributed by atoms with Crippen molar-refractivity contribution in [3.8, 4) is 0 Å². The normalized spacial score (nSPS) is 32.9. The fraction of sp³-hybridized carbons (Fsp3) is 0.739. The molecule has 166 valence electrons. The Kier molecular flexibility index (Phi) is 5.99. The highest BCUT2D eigenvalue weighted by Gasteiger charge is 2.56. The number of nitrogens with zero attached hydrogens (tertiary/aromatic N) is 2. The van der Waals surface area contributed by atoms with Crippen LogP contribution in [0.4, 0.5) is 18.9 Å². The average Bonchev–Trinajstić information content (AvgIpc) is 2.96. The molecule has 4 aliphatic carbocycles. The first-order valence-corrected chi connectivity index (χ1v) is 11.3. The number of carboxylic acid groups (broad SMARTS) is 1. The van der Waals surface area contributed by atoms with E-state index in [9.17, 15) is 13.2 Å². The molecular formula is C23H31F3N2O2. The van der Waals surface area contributed by atoms with Gasteiger partial charge < -0.3 is 14.8 Å². The van der Waals surface area contributed by atoms with Gasteiger partial charge in [0.25, 0.3) is 0 Å². The van der Waals surface area contributed by atoms with Crippen LogP contribution in [0, 0.1) is 17.8 Å². The number of anilines is 1. The van der Waals surface area contributed by atoms with Crippen LogP contribution in [0.25, 0.3) is 0 Å². The minimum absolute atomic E-state index is 0.478. The van der Waals surface area contributed by atoms with Crippen LogP contribution in [0.2, 0.25) is 0 Å². The van der Waals surface area contributed by atoms with Crippen molar-refractivity contribution in [3.63, 3.8) is 0 Å². The zero-order valence-corrected chi connectivity index (χ0v) is 17.4. The van der Waals surface area contributed by atoms with E-state index in [1.165, 1.54) is 83.0 Å². The van der Waals surface area contributed by atoms with E-state index in [1.807, 2.05) is 0 Å². The highest BCUT2D eigenvalue weighted by atomic mass is 19.4. The van der Waals surface area contributed by atoms with Crippen molar-refractivity contribution >= 4 is 11.7 Å². The molecule has 0 radical (unpaired) electrons. The maximum atomic E-state index is 10.5. The van der Waals surface area contributed by atoms with E-state index in [4.69, 9.17) is 9.90 Å². The standard InChI is InChI=1S/C21H31N2.C2HF3O2/c1-2-4-8-22(7-3-1)20-5-9-23(10-6-20)21-14-17-11-18(15-21)13-19(12-17)16-21;3-2(4,5)1(6)7/h5-6,9-10,17-19H,1-4,7-8,11-16H2;(H,6,7)/q+1;/p-1. The maximum Gasteiger partial charge on any atom is 0.430 e. The average molecular weight is 425 g/mol. The second-order valence-corrected chi connectivity index (χ2v) is 9.79. The van der Waals surface area contributed by atoms with Gasteiger partial charge in [-0.15, -0.1) is 0 Å². The Balaban J connectivity index is 0.000000272. The molecule has 6 rings (SSSR count). The van der Waals surface area contributed by atoms with Gasteiger partial charge in [0.2, 0.25) is 0 Å². The van der Waals surface area contributed by atoms with Gasteiger partial charge >= 0.3 is 6.18 Å². The number of alkyl halides is 3. The van der Waals surface area contributed by atoms with Gasteiger partial charge in [0.15, 0.2) is 17.9 Å². The van der Waals surface area contributed by atoms with Gasteiger partial charge in [-0.05, 0) is 49.9 Å². The van der Waals surface area contributed by atoms with E-state index in [-0.39, 0.29) is 0 Å². The lowest BCUT2D eigenvalue weighted by Crippen LogP contribution is -2.64. The van der Waals surface area contributed by atoms with Crippen LogP contribution in [0.1, 0.15) is 64.2 Å². The summed E-state index contributed by atoms with van der Waals surface area (Å²) in [5.74, 6) is 0.0737. The Labute approximate surface area is 176 Å². The van der Waals surface area contributed by atoms with Gasteiger partial charge in [0, 0.05) is 50.2 Å². The summed E-state index contributed by atoms with van der Waals surface area (Å²) in [5, 5.41) is 8.78. The molecule has 4 saturated carbocycles. The first kappa shape index (κ1) is 21.4. The summed E-state index contributed by atoms with van der Waals surface area (Å²) in [7, 11) is 0. The third-order valence-corrected chi connectivity index (χ3v) is 7.57. The molecule has 0 amide bonds. The molecule has 2 heterocycles. The number of carbonyl (C=O) groups excluding carboxylic acids is 1. The Morgan fingerprint density at radius 1 is 0.933 bits per heavy atom. The van der Waals surface area contributed by atoms with Crippen molar-refractivity contribution in [2.24, 2.45) is 17.8 Å². The van der Waals surface area contributed by atoms with E-state index in [1.54, 1.807) is 0 Å². The highest BCUT2D eigenvalue weighted by Crippen LogP contribution is 2.56. The molecule has 5 aliphatic rings. The molecule has 1 aliphatic heterocycles. The van der Waals surface area contributed by atoms with Gasteiger partial charge in [0.1, 0.15) is 5.97 Å². The van der Waals surface area contributed by atoms with Crippen molar-refractivity contribution in [2.75, 3.05) is 18.0 Å². The van der Waals surface area contributed by atoms with Crippen LogP contribution in [-0.2, 0) is 10.3 Å². The van der Waals surface area contributed by atoms with Crippen LogP contribution >= 0.6 is 0 Å². The Morgan fingerprint density at radius 2 is 1.37 bits per heavy atom. The van der Waals surface area contributed by atoms with Crippen molar-refractivity contribution < 1.29 is 27.6 Å². The predicted octanol–water partition coefficient (Wildman–Crippen LogP) is 3.58. The van der Waals surface area contributed by atoms with Crippen LogP contribution in [-0.4, -0.2) is 25.2 Å². The maximum absolute atomic E-state index is 10.5. The summed E-state index contributed by atoms with van der Waals surface area (Å²) >= 11 is 0. The van der Waals surface area contributed by atoms with Crippen LogP contribution in [0.3, 0.4) is 0 Å². The lowest BCUT2D eigenvalue weighted by Gasteiger charge is -2.53. The van der Waals surface area contributed by atoms with Crippen LogP contribution in [0.5, 0.6) is 0 Å². The number of aliphatic carboxylic acids is 1. The summed E-state index contributed by atoms with van der Waals surface area (Å²) in [5.41, 5.74) is 1.93. The Morgan fingerprint density at radius 3 is 1.77 bits per heavy atom. The summed E-state index contributed by atoms with van der Waals surface area (Å²) in [6.45, 7) is 2.50. The highest BCUT2D eigenvalue weighted by molar-refractivity contribution is 5.70. The van der Waals surface area contributed by atoms with Gasteiger partial charge in [-0.2, -0.15) is 17.7 Å². The SMILES string of the molecule is O=C([O-])C(F)(F)F.c1c[n+](C23CC4CC(CC(C4)C2)C3)ccc1N1CCCCCC1. The molecule has 30 heavy (non-hydrogen) atoms. The second kappa shape index (κ2) is 8.39. The molecule has 4 bridgehead atoms. The van der Waals surface area contributed by atoms with E-state index in [0.717, 1.165) is 17.8 Å². The number of halogens is 3. The summed E-state index contributed by atoms with van der Waals surface area (Å²) < 4.78 is 34.2. The second-order valence-electron chi connectivity index (χ2n) is 9.79. The summed E-state index contributed by atoms with van der Waals surface area (Å²) in [6, 6.07) is 4.81. The predicted molar refractivity (Wildman–Crippen MR) is 105 cm³/mol. The zero-order valence-electron chi connectivity index (χ0n) is 17.4. The minimum Gasteiger partial charge on any atom is -0.542 e. The fourth-order valence-electron chi connectivity index (χ4n) is 6.66. The van der Waals surface area contributed by atoms with Gasteiger partial charge in [0.05, 0.1) is 0 Å². The van der Waals surface area contributed by atoms with E-state index < -0.39 is 12.1 Å². The van der Waals surface area contributed by atoms with Crippen molar-refractivity contribution in [2.45, 2.75) is 75.9 Å². The zero-order chi connectivity index (χ0) is 21.4. The van der Waals surface area contributed by atoms with Crippen molar-refractivity contribution in [1.29, 1.82) is 0 Å². The summed E-state index contributed by atoms with van der Waals surface area (Å²) in [6.07, 6.45) is 14.2. The molecule has 4 nitrogen and oxygen atoms in total. The van der Waals surface area contributed by atoms with Crippen LogP contribution in [0.15, 0.2) is 24.5 Å². The monoisotopic (exact) mass is 424 g/mol. The third kappa shape index (κ3) is 4.59. The largest absolute Gasteiger partial charge is 0.542 e. The van der Waals surface area contributed by atoms with Gasteiger partial charge in [-0.1, -0.05) is 12.8 Å². The quantitative estimate of drug-likeness (QED) is 0.682. The topological polar surface area (TPSA) is 47.2 Å².